The predicted octanol–water partition coefficient (Wildman–Crippen LogP) is 1.21. The second-order valence-electron chi connectivity index (χ2n) is 4.27. The van der Waals surface area contributed by atoms with Crippen LogP contribution < -0.4 is 5.32 Å². The van der Waals surface area contributed by atoms with E-state index in [0.717, 1.165) is 24.2 Å². The third kappa shape index (κ3) is 1.27. The van der Waals surface area contributed by atoms with Crippen molar-refractivity contribution in [1.29, 1.82) is 0 Å². The molecule has 1 unspecified atom stereocenters. The van der Waals surface area contributed by atoms with Gasteiger partial charge in [0.05, 0.1) is 17.6 Å². The van der Waals surface area contributed by atoms with Crippen LogP contribution in [0.1, 0.15) is 23.9 Å². The number of nitrogens with one attached hydrogen (secondary N) is 2. The highest BCUT2D eigenvalue weighted by molar-refractivity contribution is 5.36. The van der Waals surface area contributed by atoms with Gasteiger partial charge in [-0.1, -0.05) is 6.07 Å². The van der Waals surface area contributed by atoms with Crippen LogP contribution in [0.3, 0.4) is 0 Å². The van der Waals surface area contributed by atoms with E-state index in [1.54, 1.807) is 12.5 Å². The molecule has 3 heterocycles. The molecule has 0 aliphatic carbocycles. The first-order chi connectivity index (χ1) is 7.81. The molecular formula is C12H14N4. The van der Waals surface area contributed by atoms with Gasteiger partial charge in [0.1, 0.15) is 0 Å². The number of imidazole rings is 1. The molecule has 0 saturated carbocycles. The Labute approximate surface area is 94.1 Å². The zero-order valence-corrected chi connectivity index (χ0v) is 9.20. The van der Waals surface area contributed by atoms with Crippen molar-refractivity contribution in [2.75, 3.05) is 6.54 Å². The Morgan fingerprint density at radius 1 is 1.44 bits per heavy atom. The van der Waals surface area contributed by atoms with Gasteiger partial charge in [-0.3, -0.25) is 4.98 Å². The molecule has 3 rings (SSSR count). The summed E-state index contributed by atoms with van der Waals surface area (Å²) in [5.74, 6) is 0. The van der Waals surface area contributed by atoms with Crippen LogP contribution in [0.5, 0.6) is 0 Å². The van der Waals surface area contributed by atoms with E-state index in [1.807, 2.05) is 12.3 Å². The van der Waals surface area contributed by atoms with E-state index >= 15 is 0 Å². The fraction of sp³-hybridized carbons (Fsp3) is 0.333. The molecule has 0 bridgehead atoms. The van der Waals surface area contributed by atoms with Gasteiger partial charge >= 0.3 is 0 Å². The molecular weight excluding hydrogens is 200 g/mol. The number of aromatic amines is 1. The van der Waals surface area contributed by atoms with Gasteiger partial charge in [0.2, 0.25) is 0 Å². The Morgan fingerprint density at radius 2 is 2.38 bits per heavy atom. The SMILES string of the molecule is CC1(c2cccnc2)NCCc2[nH]cnc21. The van der Waals surface area contributed by atoms with Gasteiger partial charge in [-0.2, -0.15) is 0 Å². The van der Waals surface area contributed by atoms with Crippen molar-refractivity contribution in [3.63, 3.8) is 0 Å². The summed E-state index contributed by atoms with van der Waals surface area (Å²) in [5.41, 5.74) is 3.25. The molecule has 2 aromatic rings. The molecule has 1 aliphatic rings. The standard InChI is InChI=1S/C12H14N4/c1-12(9-3-2-5-13-7-9)11-10(4-6-16-12)14-8-15-11/h2-3,5,7-8,16H,4,6H2,1H3,(H,14,15). The second kappa shape index (κ2) is 3.42. The monoisotopic (exact) mass is 214 g/mol. The molecule has 4 nitrogen and oxygen atoms in total. The Kier molecular flexibility index (Phi) is 2.04. The number of aromatic nitrogens is 3. The molecule has 82 valence electrons. The minimum Gasteiger partial charge on any atom is -0.348 e. The fourth-order valence-electron chi connectivity index (χ4n) is 2.36. The first-order valence-corrected chi connectivity index (χ1v) is 5.49. The van der Waals surface area contributed by atoms with Crippen LogP contribution in [-0.4, -0.2) is 21.5 Å². The molecule has 0 radical (unpaired) electrons. The van der Waals surface area contributed by atoms with Crippen LogP contribution >= 0.6 is 0 Å². The van der Waals surface area contributed by atoms with Gasteiger partial charge in [-0.05, 0) is 18.6 Å². The lowest BCUT2D eigenvalue weighted by Crippen LogP contribution is -2.46. The van der Waals surface area contributed by atoms with Gasteiger partial charge in [-0.15, -0.1) is 0 Å². The minimum absolute atomic E-state index is 0.220. The molecule has 4 heteroatoms. The average molecular weight is 214 g/mol. The smallest absolute Gasteiger partial charge is 0.0926 e. The number of nitrogens with zero attached hydrogens (tertiary/aromatic N) is 2. The zero-order chi connectivity index (χ0) is 11.0. The Balaban J connectivity index is 2.14. The van der Waals surface area contributed by atoms with Gasteiger partial charge < -0.3 is 10.3 Å². The van der Waals surface area contributed by atoms with E-state index in [0.29, 0.717) is 0 Å². The van der Waals surface area contributed by atoms with Crippen LogP contribution in [0.4, 0.5) is 0 Å². The third-order valence-corrected chi connectivity index (χ3v) is 3.28. The molecule has 0 aromatic carbocycles. The summed E-state index contributed by atoms with van der Waals surface area (Å²) in [6, 6.07) is 4.05. The Hall–Kier alpha value is -1.68. The van der Waals surface area contributed by atoms with Crippen LogP contribution in [0, 0.1) is 0 Å². The van der Waals surface area contributed by atoms with Crippen molar-refractivity contribution in [3.8, 4) is 0 Å². The molecule has 0 amide bonds. The highest BCUT2D eigenvalue weighted by atomic mass is 15.1. The van der Waals surface area contributed by atoms with Gasteiger partial charge in [-0.25, -0.2) is 4.98 Å². The lowest BCUT2D eigenvalue weighted by molar-refractivity contribution is 0.402. The second-order valence-corrected chi connectivity index (χ2v) is 4.27. The molecule has 16 heavy (non-hydrogen) atoms. The van der Waals surface area contributed by atoms with E-state index in [2.05, 4.69) is 33.3 Å². The number of fused-ring (bicyclic) bond motifs is 1. The van der Waals surface area contributed by atoms with E-state index in [-0.39, 0.29) is 5.54 Å². The van der Waals surface area contributed by atoms with Crippen LogP contribution in [-0.2, 0) is 12.0 Å². The summed E-state index contributed by atoms with van der Waals surface area (Å²) in [7, 11) is 0. The summed E-state index contributed by atoms with van der Waals surface area (Å²) in [4.78, 5) is 11.8. The number of pyridine rings is 1. The van der Waals surface area contributed by atoms with Crippen molar-refractivity contribution in [1.82, 2.24) is 20.3 Å². The fourth-order valence-corrected chi connectivity index (χ4v) is 2.36. The van der Waals surface area contributed by atoms with Crippen LogP contribution in [0.2, 0.25) is 0 Å². The average Bonchev–Trinajstić information content (AvgIpc) is 2.80. The first-order valence-electron chi connectivity index (χ1n) is 5.49. The molecule has 0 fully saturated rings. The van der Waals surface area contributed by atoms with Crippen LogP contribution in [0.15, 0.2) is 30.9 Å². The lowest BCUT2D eigenvalue weighted by atomic mass is 9.85. The summed E-state index contributed by atoms with van der Waals surface area (Å²) in [6.07, 6.45) is 6.47. The summed E-state index contributed by atoms with van der Waals surface area (Å²) >= 11 is 0. The van der Waals surface area contributed by atoms with Crippen molar-refractivity contribution in [2.45, 2.75) is 18.9 Å². The van der Waals surface area contributed by atoms with Gasteiger partial charge in [0.25, 0.3) is 0 Å². The topological polar surface area (TPSA) is 53.6 Å². The normalized spacial score (nSPS) is 24.1. The molecule has 2 N–H and O–H groups in total. The Bertz CT molecular complexity index is 491. The number of hydrogen-bond donors (Lipinski definition) is 2. The maximum Gasteiger partial charge on any atom is 0.0926 e. The number of rotatable bonds is 1. The van der Waals surface area contributed by atoms with Crippen LogP contribution in [0.25, 0.3) is 0 Å². The number of hydrogen-bond acceptors (Lipinski definition) is 3. The summed E-state index contributed by atoms with van der Waals surface area (Å²) in [6.45, 7) is 3.11. The quantitative estimate of drug-likeness (QED) is 0.750. The predicted molar refractivity (Wildman–Crippen MR) is 61.0 cm³/mol. The maximum atomic E-state index is 4.44. The third-order valence-electron chi connectivity index (χ3n) is 3.28. The number of H-pyrrole nitrogens is 1. The lowest BCUT2D eigenvalue weighted by Gasteiger charge is -2.34. The molecule has 0 saturated heterocycles. The van der Waals surface area contributed by atoms with Crippen molar-refractivity contribution >= 4 is 0 Å². The minimum atomic E-state index is -0.220. The summed E-state index contributed by atoms with van der Waals surface area (Å²) < 4.78 is 0. The largest absolute Gasteiger partial charge is 0.348 e. The summed E-state index contributed by atoms with van der Waals surface area (Å²) in [5, 5.41) is 3.53. The zero-order valence-electron chi connectivity index (χ0n) is 9.20. The molecule has 2 aromatic heterocycles. The molecule has 1 atom stereocenters. The highest BCUT2D eigenvalue weighted by Crippen LogP contribution is 2.31. The van der Waals surface area contributed by atoms with E-state index in [4.69, 9.17) is 0 Å². The molecule has 0 spiro atoms. The van der Waals surface area contributed by atoms with Crippen molar-refractivity contribution in [3.05, 3.63) is 47.8 Å². The van der Waals surface area contributed by atoms with Crippen molar-refractivity contribution < 1.29 is 0 Å². The highest BCUT2D eigenvalue weighted by Gasteiger charge is 2.35. The Morgan fingerprint density at radius 3 is 3.19 bits per heavy atom. The van der Waals surface area contributed by atoms with E-state index in [1.165, 1.54) is 5.69 Å². The maximum absolute atomic E-state index is 4.44. The first kappa shape index (κ1) is 9.54. The van der Waals surface area contributed by atoms with Gasteiger partial charge in [0, 0.05) is 31.1 Å². The van der Waals surface area contributed by atoms with Gasteiger partial charge in [0.15, 0.2) is 0 Å². The molecule has 1 aliphatic heterocycles. The van der Waals surface area contributed by atoms with E-state index in [9.17, 15) is 0 Å². The van der Waals surface area contributed by atoms with Crippen molar-refractivity contribution in [2.24, 2.45) is 0 Å². The van der Waals surface area contributed by atoms with E-state index < -0.39 is 0 Å².